The Morgan fingerprint density at radius 1 is 1.22 bits per heavy atom. The number of carbonyl (C=O) groups is 1. The predicted molar refractivity (Wildman–Crippen MR) is 101 cm³/mol. The Hall–Kier alpha value is -1.92. The summed E-state index contributed by atoms with van der Waals surface area (Å²) in [6, 6.07) is 3.94. The second-order valence-electron chi connectivity index (χ2n) is 8.63. The maximum absolute atomic E-state index is 13.4. The number of piperidine rings is 1. The molecule has 0 saturated carbocycles. The highest BCUT2D eigenvalue weighted by Crippen LogP contribution is 2.32. The van der Waals surface area contributed by atoms with E-state index in [4.69, 9.17) is 9.72 Å². The average Bonchev–Trinajstić information content (AvgIpc) is 2.72. The van der Waals surface area contributed by atoms with E-state index in [0.29, 0.717) is 32.6 Å². The van der Waals surface area contributed by atoms with Crippen LogP contribution in [0.25, 0.3) is 0 Å². The van der Waals surface area contributed by atoms with Gasteiger partial charge in [-0.15, -0.1) is 0 Å². The summed E-state index contributed by atoms with van der Waals surface area (Å²) < 4.78 is 32.4. The van der Waals surface area contributed by atoms with Crippen LogP contribution in [0.1, 0.15) is 57.7 Å². The van der Waals surface area contributed by atoms with E-state index in [-0.39, 0.29) is 24.9 Å². The number of carbonyl (C=O) groups excluding carboxylic acids is 1. The Morgan fingerprint density at radius 3 is 2.52 bits per heavy atom. The van der Waals surface area contributed by atoms with Crippen molar-refractivity contribution in [3.8, 4) is 0 Å². The molecule has 2 aliphatic heterocycles. The SMILES string of the molecule is CC1CN(C(=O)OC(C)(C)C)CCc2ccc(N3CCC(F)(F)CC3)nc21. The van der Waals surface area contributed by atoms with Crippen LogP contribution in [0, 0.1) is 0 Å². The summed E-state index contributed by atoms with van der Waals surface area (Å²) in [7, 11) is 0. The molecular weight excluding hydrogens is 352 g/mol. The first-order chi connectivity index (χ1) is 12.5. The van der Waals surface area contributed by atoms with Gasteiger partial charge in [0.1, 0.15) is 11.4 Å². The molecule has 1 fully saturated rings. The van der Waals surface area contributed by atoms with Crippen molar-refractivity contribution in [3.63, 3.8) is 0 Å². The minimum Gasteiger partial charge on any atom is -0.444 e. The monoisotopic (exact) mass is 381 g/mol. The number of alkyl halides is 2. The van der Waals surface area contributed by atoms with Crippen LogP contribution in [0.15, 0.2) is 12.1 Å². The van der Waals surface area contributed by atoms with Gasteiger partial charge in [0.15, 0.2) is 0 Å². The molecule has 150 valence electrons. The lowest BCUT2D eigenvalue weighted by Gasteiger charge is -2.33. The highest BCUT2D eigenvalue weighted by atomic mass is 19.3. The zero-order chi connectivity index (χ0) is 19.8. The van der Waals surface area contributed by atoms with E-state index in [2.05, 4.69) is 0 Å². The number of fused-ring (bicyclic) bond motifs is 1. The summed E-state index contributed by atoms with van der Waals surface area (Å²) >= 11 is 0. The van der Waals surface area contributed by atoms with Crippen LogP contribution in [0.4, 0.5) is 19.4 Å². The maximum atomic E-state index is 13.4. The van der Waals surface area contributed by atoms with Gasteiger partial charge in [-0.25, -0.2) is 18.6 Å². The fourth-order valence-corrected chi connectivity index (χ4v) is 3.63. The third kappa shape index (κ3) is 4.87. The van der Waals surface area contributed by atoms with Gasteiger partial charge in [0, 0.05) is 44.9 Å². The van der Waals surface area contributed by atoms with Crippen molar-refractivity contribution in [2.24, 2.45) is 0 Å². The number of ether oxygens (including phenoxy) is 1. The van der Waals surface area contributed by atoms with Gasteiger partial charge < -0.3 is 14.5 Å². The van der Waals surface area contributed by atoms with E-state index in [9.17, 15) is 13.6 Å². The minimum atomic E-state index is -2.57. The molecule has 1 atom stereocenters. The summed E-state index contributed by atoms with van der Waals surface area (Å²) in [5.41, 5.74) is 1.54. The number of aromatic nitrogens is 1. The van der Waals surface area contributed by atoms with Gasteiger partial charge in [0.2, 0.25) is 0 Å². The summed E-state index contributed by atoms with van der Waals surface area (Å²) in [4.78, 5) is 20.9. The molecule has 0 aromatic carbocycles. The summed E-state index contributed by atoms with van der Waals surface area (Å²) in [6.45, 7) is 9.38. The van der Waals surface area contributed by atoms with Crippen LogP contribution in [0.2, 0.25) is 0 Å². The van der Waals surface area contributed by atoms with Crippen LogP contribution in [0.3, 0.4) is 0 Å². The molecule has 7 heteroatoms. The standard InChI is InChI=1S/C20H29F2N3O2/c1-14-13-25(18(26)27-19(2,3)4)10-7-15-5-6-16(23-17(14)15)24-11-8-20(21,22)9-12-24/h5-6,14H,7-13H2,1-4H3. The molecule has 27 heavy (non-hydrogen) atoms. The van der Waals surface area contributed by atoms with Gasteiger partial charge in [0.05, 0.1) is 5.69 Å². The van der Waals surface area contributed by atoms with Crippen LogP contribution >= 0.6 is 0 Å². The Kier molecular flexibility index (Phi) is 5.32. The van der Waals surface area contributed by atoms with Crippen LogP contribution in [-0.4, -0.2) is 53.7 Å². The molecule has 3 rings (SSSR count). The number of rotatable bonds is 1. The first-order valence-electron chi connectivity index (χ1n) is 9.65. The fraction of sp³-hybridized carbons (Fsp3) is 0.700. The highest BCUT2D eigenvalue weighted by molar-refractivity contribution is 5.68. The van der Waals surface area contributed by atoms with Crippen molar-refractivity contribution in [2.45, 2.75) is 64.4 Å². The van der Waals surface area contributed by atoms with Crippen LogP contribution in [0.5, 0.6) is 0 Å². The van der Waals surface area contributed by atoms with Gasteiger partial charge in [-0.05, 0) is 38.8 Å². The molecule has 0 bridgehead atoms. The zero-order valence-corrected chi connectivity index (χ0v) is 16.6. The number of halogens is 2. The third-order valence-corrected chi connectivity index (χ3v) is 5.08. The van der Waals surface area contributed by atoms with E-state index < -0.39 is 11.5 Å². The van der Waals surface area contributed by atoms with Crippen molar-refractivity contribution < 1.29 is 18.3 Å². The number of anilines is 1. The van der Waals surface area contributed by atoms with Gasteiger partial charge in [-0.3, -0.25) is 0 Å². The normalized spacial score (nSPS) is 22.8. The van der Waals surface area contributed by atoms with Crippen LogP contribution < -0.4 is 4.90 Å². The number of nitrogens with zero attached hydrogens (tertiary/aromatic N) is 3. The smallest absolute Gasteiger partial charge is 0.410 e. The quantitative estimate of drug-likeness (QED) is 0.731. The van der Waals surface area contributed by atoms with Crippen molar-refractivity contribution >= 4 is 11.9 Å². The molecule has 1 aromatic heterocycles. The molecule has 1 unspecified atom stereocenters. The molecule has 0 radical (unpaired) electrons. The number of hydrogen-bond donors (Lipinski definition) is 0. The van der Waals surface area contributed by atoms with Crippen molar-refractivity contribution in [2.75, 3.05) is 31.1 Å². The molecule has 1 aromatic rings. The summed E-state index contributed by atoms with van der Waals surface area (Å²) in [5, 5.41) is 0. The number of hydrogen-bond acceptors (Lipinski definition) is 4. The molecule has 5 nitrogen and oxygen atoms in total. The fourth-order valence-electron chi connectivity index (χ4n) is 3.63. The first-order valence-corrected chi connectivity index (χ1v) is 9.65. The van der Waals surface area contributed by atoms with E-state index in [1.54, 1.807) is 4.90 Å². The summed E-state index contributed by atoms with van der Waals surface area (Å²) in [5.74, 6) is -1.76. The summed E-state index contributed by atoms with van der Waals surface area (Å²) in [6.07, 6.45) is 0.145. The van der Waals surface area contributed by atoms with Gasteiger partial charge in [0.25, 0.3) is 5.92 Å². The van der Waals surface area contributed by atoms with Gasteiger partial charge >= 0.3 is 6.09 Å². The Balaban J connectivity index is 1.73. The van der Waals surface area contributed by atoms with E-state index in [0.717, 1.165) is 17.1 Å². The maximum Gasteiger partial charge on any atom is 0.410 e. The first kappa shape index (κ1) is 19.8. The van der Waals surface area contributed by atoms with E-state index in [1.807, 2.05) is 44.7 Å². The molecule has 1 amide bonds. The predicted octanol–water partition coefficient (Wildman–Crippen LogP) is 4.21. The second-order valence-corrected chi connectivity index (χ2v) is 8.63. The molecule has 3 heterocycles. The minimum absolute atomic E-state index is 0.0567. The van der Waals surface area contributed by atoms with Crippen molar-refractivity contribution in [3.05, 3.63) is 23.4 Å². The lowest BCUT2D eigenvalue weighted by molar-refractivity contribution is -0.0221. The topological polar surface area (TPSA) is 45.7 Å². The number of pyridine rings is 1. The molecule has 0 aliphatic carbocycles. The molecule has 0 N–H and O–H groups in total. The van der Waals surface area contributed by atoms with Crippen LogP contribution in [-0.2, 0) is 11.2 Å². The molecule has 2 aliphatic rings. The van der Waals surface area contributed by atoms with Gasteiger partial charge in [-0.2, -0.15) is 0 Å². The Labute approximate surface area is 159 Å². The lowest BCUT2D eigenvalue weighted by atomic mass is 10.0. The molecule has 0 spiro atoms. The number of amides is 1. The van der Waals surface area contributed by atoms with Gasteiger partial charge in [-0.1, -0.05) is 13.0 Å². The Morgan fingerprint density at radius 2 is 1.89 bits per heavy atom. The van der Waals surface area contributed by atoms with Crippen molar-refractivity contribution in [1.82, 2.24) is 9.88 Å². The van der Waals surface area contributed by atoms with Crippen molar-refractivity contribution in [1.29, 1.82) is 0 Å². The molecular formula is C20H29F2N3O2. The largest absolute Gasteiger partial charge is 0.444 e. The average molecular weight is 381 g/mol. The Bertz CT molecular complexity index is 693. The second kappa shape index (κ2) is 7.24. The van der Waals surface area contributed by atoms with E-state index in [1.165, 1.54) is 0 Å². The zero-order valence-electron chi connectivity index (χ0n) is 16.6. The highest BCUT2D eigenvalue weighted by Gasteiger charge is 2.35. The molecule has 1 saturated heterocycles. The third-order valence-electron chi connectivity index (χ3n) is 5.08. The lowest BCUT2D eigenvalue weighted by Crippen LogP contribution is -2.40. The van der Waals surface area contributed by atoms with E-state index >= 15 is 0 Å².